The Labute approximate surface area is 147 Å². The molecule has 0 aromatic heterocycles. The number of amides is 2. The smallest absolute Gasteiger partial charge is 0.326 e. The molecule has 0 spiro atoms. The molecule has 3 rings (SSSR count). The Morgan fingerprint density at radius 3 is 2.24 bits per heavy atom. The van der Waals surface area contributed by atoms with Crippen LogP contribution in [0.1, 0.15) is 31.2 Å². The first-order valence-corrected chi connectivity index (χ1v) is 8.90. The van der Waals surface area contributed by atoms with Crippen molar-refractivity contribution in [1.82, 2.24) is 10.2 Å². The monoisotopic (exact) mass is 344 g/mol. The van der Waals surface area contributed by atoms with Crippen molar-refractivity contribution in [3.05, 3.63) is 35.9 Å². The largest absolute Gasteiger partial charge is 0.480 e. The molecule has 0 radical (unpaired) electrons. The molecule has 1 aromatic carbocycles. The van der Waals surface area contributed by atoms with Crippen LogP contribution in [-0.2, 0) is 20.8 Å². The normalized spacial score (nSPS) is 19.3. The summed E-state index contributed by atoms with van der Waals surface area (Å²) in [5, 5.41) is 12.1. The standard InChI is InChI=1S/C19H24N2O4/c22-17(14-8-10-21(11-9-14)18(23)15-6-7-15)20-16(19(24)25)12-13-4-2-1-3-5-13/h1-5,14-16H,6-12H2,(H,20,22)(H,24,25)/t16-/m1/s1. The van der Waals surface area contributed by atoms with Gasteiger partial charge in [0, 0.05) is 31.3 Å². The first-order valence-electron chi connectivity index (χ1n) is 8.90. The molecular weight excluding hydrogens is 320 g/mol. The van der Waals surface area contributed by atoms with Crippen LogP contribution in [0.4, 0.5) is 0 Å². The van der Waals surface area contributed by atoms with E-state index in [0.717, 1.165) is 18.4 Å². The van der Waals surface area contributed by atoms with Gasteiger partial charge in [0.05, 0.1) is 0 Å². The molecule has 2 aliphatic rings. The van der Waals surface area contributed by atoms with Gasteiger partial charge in [0.15, 0.2) is 0 Å². The Morgan fingerprint density at radius 2 is 1.68 bits per heavy atom. The molecule has 1 heterocycles. The molecule has 1 aromatic rings. The van der Waals surface area contributed by atoms with E-state index < -0.39 is 12.0 Å². The van der Waals surface area contributed by atoms with Crippen LogP contribution in [0.15, 0.2) is 30.3 Å². The number of carbonyl (C=O) groups is 3. The first-order chi connectivity index (χ1) is 12.0. The average molecular weight is 344 g/mol. The van der Waals surface area contributed by atoms with Crippen molar-refractivity contribution in [2.75, 3.05) is 13.1 Å². The third-order valence-electron chi connectivity index (χ3n) is 5.00. The number of carboxylic acid groups (broad SMARTS) is 1. The highest BCUT2D eigenvalue weighted by molar-refractivity contribution is 5.86. The van der Waals surface area contributed by atoms with E-state index >= 15 is 0 Å². The van der Waals surface area contributed by atoms with E-state index in [4.69, 9.17) is 0 Å². The van der Waals surface area contributed by atoms with Gasteiger partial charge in [-0.1, -0.05) is 30.3 Å². The lowest BCUT2D eigenvalue weighted by Crippen LogP contribution is -2.48. The predicted molar refractivity (Wildman–Crippen MR) is 91.7 cm³/mol. The minimum atomic E-state index is -1.03. The van der Waals surface area contributed by atoms with Gasteiger partial charge in [-0.25, -0.2) is 4.79 Å². The van der Waals surface area contributed by atoms with Gasteiger partial charge >= 0.3 is 5.97 Å². The van der Waals surface area contributed by atoms with Gasteiger partial charge in [0.2, 0.25) is 11.8 Å². The third-order valence-corrected chi connectivity index (χ3v) is 5.00. The Bertz CT molecular complexity index is 634. The highest BCUT2D eigenvalue weighted by atomic mass is 16.4. The number of carboxylic acids is 1. The summed E-state index contributed by atoms with van der Waals surface area (Å²) in [6.45, 7) is 1.17. The molecule has 1 aliphatic carbocycles. The number of nitrogens with one attached hydrogen (secondary N) is 1. The number of likely N-dealkylation sites (tertiary alicyclic amines) is 1. The second-order valence-corrected chi connectivity index (χ2v) is 6.96. The van der Waals surface area contributed by atoms with E-state index in [1.165, 1.54) is 0 Å². The Hall–Kier alpha value is -2.37. The van der Waals surface area contributed by atoms with E-state index in [1.807, 2.05) is 35.2 Å². The molecule has 0 unspecified atom stereocenters. The third kappa shape index (κ3) is 4.59. The number of hydrogen-bond acceptors (Lipinski definition) is 3. The maximum Gasteiger partial charge on any atom is 0.326 e. The Kier molecular flexibility index (Phi) is 5.36. The van der Waals surface area contributed by atoms with Crippen LogP contribution in [0.5, 0.6) is 0 Å². The van der Waals surface area contributed by atoms with Gasteiger partial charge in [-0.2, -0.15) is 0 Å². The molecule has 2 amide bonds. The maximum atomic E-state index is 12.4. The summed E-state index contributed by atoms with van der Waals surface area (Å²) < 4.78 is 0. The number of carbonyl (C=O) groups excluding carboxylic acids is 2. The van der Waals surface area contributed by atoms with Crippen LogP contribution >= 0.6 is 0 Å². The molecule has 2 N–H and O–H groups in total. The van der Waals surface area contributed by atoms with E-state index in [0.29, 0.717) is 25.9 Å². The fourth-order valence-corrected chi connectivity index (χ4v) is 3.29. The number of aliphatic carboxylic acids is 1. The Balaban J connectivity index is 1.51. The van der Waals surface area contributed by atoms with Crippen LogP contribution < -0.4 is 5.32 Å². The summed E-state index contributed by atoms with van der Waals surface area (Å²) in [5.41, 5.74) is 0.875. The highest BCUT2D eigenvalue weighted by Gasteiger charge is 2.36. The molecule has 1 aliphatic heterocycles. The molecule has 0 bridgehead atoms. The van der Waals surface area contributed by atoms with Crippen molar-refractivity contribution in [3.63, 3.8) is 0 Å². The van der Waals surface area contributed by atoms with Crippen LogP contribution in [0.25, 0.3) is 0 Å². The molecule has 25 heavy (non-hydrogen) atoms. The zero-order valence-corrected chi connectivity index (χ0v) is 14.2. The average Bonchev–Trinajstić information content (AvgIpc) is 3.46. The number of benzene rings is 1. The topological polar surface area (TPSA) is 86.7 Å². The summed E-state index contributed by atoms with van der Waals surface area (Å²) >= 11 is 0. The lowest BCUT2D eigenvalue weighted by atomic mass is 9.94. The lowest BCUT2D eigenvalue weighted by molar-refractivity contribution is -0.143. The molecular formula is C19H24N2O4. The van der Waals surface area contributed by atoms with E-state index in [2.05, 4.69) is 5.32 Å². The molecule has 1 saturated carbocycles. The number of rotatable bonds is 6. The Morgan fingerprint density at radius 1 is 1.04 bits per heavy atom. The summed E-state index contributed by atoms with van der Waals surface area (Å²) in [5.74, 6) is -1.06. The van der Waals surface area contributed by atoms with Crippen molar-refractivity contribution in [2.45, 2.75) is 38.1 Å². The second-order valence-electron chi connectivity index (χ2n) is 6.96. The summed E-state index contributed by atoms with van der Waals surface area (Å²) in [4.78, 5) is 37.8. The van der Waals surface area contributed by atoms with Gasteiger partial charge in [-0.05, 0) is 31.2 Å². The van der Waals surface area contributed by atoms with Crippen molar-refractivity contribution in [1.29, 1.82) is 0 Å². The molecule has 134 valence electrons. The van der Waals surface area contributed by atoms with Crippen LogP contribution in [0, 0.1) is 11.8 Å². The van der Waals surface area contributed by atoms with Gasteiger partial charge < -0.3 is 15.3 Å². The minimum absolute atomic E-state index is 0.202. The molecule has 2 fully saturated rings. The van der Waals surface area contributed by atoms with Gasteiger partial charge in [-0.15, -0.1) is 0 Å². The zero-order chi connectivity index (χ0) is 17.8. The number of hydrogen-bond donors (Lipinski definition) is 2. The first kappa shape index (κ1) is 17.5. The molecule has 1 atom stereocenters. The fraction of sp³-hybridized carbons (Fsp3) is 0.526. The van der Waals surface area contributed by atoms with E-state index in [9.17, 15) is 19.5 Å². The fourth-order valence-electron chi connectivity index (χ4n) is 3.29. The molecule has 6 heteroatoms. The highest BCUT2D eigenvalue weighted by Crippen LogP contribution is 2.32. The van der Waals surface area contributed by atoms with Crippen molar-refractivity contribution in [3.8, 4) is 0 Å². The van der Waals surface area contributed by atoms with Gasteiger partial charge in [0.1, 0.15) is 6.04 Å². The summed E-state index contributed by atoms with van der Waals surface area (Å²) in [6, 6.07) is 8.34. The van der Waals surface area contributed by atoms with Crippen molar-refractivity contribution < 1.29 is 19.5 Å². The summed E-state index contributed by atoms with van der Waals surface area (Å²) in [6.07, 6.45) is 3.43. The van der Waals surface area contributed by atoms with Crippen molar-refractivity contribution >= 4 is 17.8 Å². The van der Waals surface area contributed by atoms with Crippen LogP contribution in [0.2, 0.25) is 0 Å². The zero-order valence-electron chi connectivity index (χ0n) is 14.2. The number of piperidine rings is 1. The summed E-state index contributed by atoms with van der Waals surface area (Å²) in [7, 11) is 0. The predicted octanol–water partition coefficient (Wildman–Crippen LogP) is 1.45. The van der Waals surface area contributed by atoms with Gasteiger partial charge in [-0.3, -0.25) is 9.59 Å². The second kappa shape index (κ2) is 7.68. The number of nitrogens with zero attached hydrogens (tertiary/aromatic N) is 1. The molecule has 1 saturated heterocycles. The minimum Gasteiger partial charge on any atom is -0.480 e. The lowest BCUT2D eigenvalue weighted by Gasteiger charge is -2.32. The SMILES string of the molecule is O=C(N[C@H](Cc1ccccc1)C(=O)O)C1CCN(C(=O)C2CC2)CC1. The maximum absolute atomic E-state index is 12.4. The van der Waals surface area contributed by atoms with E-state index in [1.54, 1.807) is 0 Å². The van der Waals surface area contributed by atoms with E-state index in [-0.39, 0.29) is 30.1 Å². The van der Waals surface area contributed by atoms with Gasteiger partial charge in [0.25, 0.3) is 0 Å². The van der Waals surface area contributed by atoms with Crippen LogP contribution in [0.3, 0.4) is 0 Å². The molecule has 6 nitrogen and oxygen atoms in total. The van der Waals surface area contributed by atoms with Crippen LogP contribution in [-0.4, -0.2) is 46.9 Å². The quantitative estimate of drug-likeness (QED) is 0.818. The van der Waals surface area contributed by atoms with Crippen molar-refractivity contribution in [2.24, 2.45) is 11.8 Å².